The van der Waals surface area contributed by atoms with Gasteiger partial charge in [-0.05, 0) is 20.5 Å². The number of likely N-dealkylation sites (tertiary alicyclic amines) is 1. The molecule has 1 aliphatic heterocycles. The quantitative estimate of drug-likeness (QED) is 0.715. The third kappa shape index (κ3) is 4.23. The van der Waals surface area contributed by atoms with Gasteiger partial charge in [0.25, 0.3) is 0 Å². The number of likely N-dealkylation sites (N-methyl/N-ethyl adjacent to an activating group) is 1. The van der Waals surface area contributed by atoms with E-state index < -0.39 is 0 Å². The van der Waals surface area contributed by atoms with Gasteiger partial charge < -0.3 is 20.6 Å². The first-order valence-electron chi connectivity index (χ1n) is 7.09. The Morgan fingerprint density at radius 2 is 1.95 bits per heavy atom. The number of β-amino-alcohol motifs (C(OH)–C–C–N with tert-alkyl or cyclic N) is 1. The summed E-state index contributed by atoms with van der Waals surface area (Å²) in [4.78, 5) is 18.9. The fraction of sp³-hybridized carbons (Fsp3) is 0.769. The summed E-state index contributed by atoms with van der Waals surface area (Å²) in [6, 6.07) is 0.302. The number of nitrogens with two attached hydrogens (primary N) is 1. The van der Waals surface area contributed by atoms with Crippen LogP contribution in [0.3, 0.4) is 0 Å². The van der Waals surface area contributed by atoms with Crippen LogP contribution in [0.25, 0.3) is 0 Å². The molecule has 1 aromatic heterocycles. The lowest BCUT2D eigenvalue weighted by atomic mass is 10.2. The molecule has 1 aromatic rings. The maximum absolute atomic E-state index is 9.91. The van der Waals surface area contributed by atoms with Gasteiger partial charge in [0.2, 0.25) is 11.9 Å². The summed E-state index contributed by atoms with van der Waals surface area (Å²) in [5, 5.41) is 9.91. The largest absolute Gasteiger partial charge is 0.392 e. The fourth-order valence-corrected chi connectivity index (χ4v) is 2.64. The number of anilines is 2. The number of aliphatic hydroxyl groups excluding tert-OH is 1. The highest BCUT2D eigenvalue weighted by Crippen LogP contribution is 2.20. The molecular formula is C13H25N7O. The minimum Gasteiger partial charge on any atom is -0.392 e. The maximum Gasteiger partial charge on any atom is 0.229 e. The molecule has 0 saturated carbocycles. The second kappa shape index (κ2) is 6.50. The van der Waals surface area contributed by atoms with Gasteiger partial charge in [0, 0.05) is 33.2 Å². The molecule has 3 N–H and O–H groups in total. The summed E-state index contributed by atoms with van der Waals surface area (Å²) in [7, 11) is 7.81. The summed E-state index contributed by atoms with van der Waals surface area (Å²) in [5.41, 5.74) is 5.75. The zero-order chi connectivity index (χ0) is 15.6. The number of hydrogen-bond donors (Lipinski definition) is 2. The van der Waals surface area contributed by atoms with Crippen LogP contribution < -0.4 is 10.6 Å². The lowest BCUT2D eigenvalue weighted by molar-refractivity contribution is 0.167. The van der Waals surface area contributed by atoms with E-state index >= 15 is 0 Å². The number of rotatable bonds is 5. The molecule has 1 aliphatic rings. The van der Waals surface area contributed by atoms with E-state index in [9.17, 15) is 5.11 Å². The Hall–Kier alpha value is -1.51. The van der Waals surface area contributed by atoms with Crippen molar-refractivity contribution < 1.29 is 5.11 Å². The molecule has 1 fully saturated rings. The number of nitrogen functional groups attached to an aromatic ring is 1. The first-order valence-corrected chi connectivity index (χ1v) is 7.09. The van der Waals surface area contributed by atoms with E-state index in [0.717, 1.165) is 13.0 Å². The third-order valence-corrected chi connectivity index (χ3v) is 3.51. The average Bonchev–Trinajstić information content (AvgIpc) is 2.67. The van der Waals surface area contributed by atoms with Crippen molar-refractivity contribution in [1.29, 1.82) is 0 Å². The van der Waals surface area contributed by atoms with E-state index in [1.54, 1.807) is 4.90 Å². The van der Waals surface area contributed by atoms with E-state index in [1.165, 1.54) is 0 Å². The Morgan fingerprint density at radius 3 is 2.57 bits per heavy atom. The standard InChI is InChI=1S/C13H25N7O/c1-18(2)6-9-5-10(21)7-20(9)8-11-15-12(14)17-13(16-11)19(3)4/h9-10,21H,5-8H2,1-4H3,(H2,14,15,16,17). The Bertz CT molecular complexity index is 480. The average molecular weight is 295 g/mol. The van der Waals surface area contributed by atoms with E-state index in [2.05, 4.69) is 24.8 Å². The highest BCUT2D eigenvalue weighted by Gasteiger charge is 2.31. The van der Waals surface area contributed by atoms with Gasteiger partial charge in [0.05, 0.1) is 12.6 Å². The van der Waals surface area contributed by atoms with Crippen molar-refractivity contribution in [2.75, 3.05) is 51.9 Å². The molecule has 0 aromatic carbocycles. The van der Waals surface area contributed by atoms with E-state index in [4.69, 9.17) is 5.73 Å². The van der Waals surface area contributed by atoms with Gasteiger partial charge in [0.15, 0.2) is 0 Å². The fourth-order valence-electron chi connectivity index (χ4n) is 2.64. The van der Waals surface area contributed by atoms with Gasteiger partial charge in [-0.15, -0.1) is 0 Å². The van der Waals surface area contributed by atoms with Crippen molar-refractivity contribution in [3.8, 4) is 0 Å². The minimum atomic E-state index is -0.289. The molecule has 2 rings (SSSR count). The number of nitrogens with zero attached hydrogens (tertiary/aromatic N) is 6. The van der Waals surface area contributed by atoms with Gasteiger partial charge in [-0.25, -0.2) is 0 Å². The molecule has 0 spiro atoms. The van der Waals surface area contributed by atoms with Crippen LogP contribution in [-0.4, -0.2) is 83.3 Å². The Kier molecular flexibility index (Phi) is 4.92. The monoisotopic (exact) mass is 295 g/mol. The summed E-state index contributed by atoms with van der Waals surface area (Å²) < 4.78 is 0. The molecule has 0 amide bonds. The molecule has 2 unspecified atom stereocenters. The lowest BCUT2D eigenvalue weighted by Gasteiger charge is -2.26. The minimum absolute atomic E-state index is 0.229. The molecule has 0 aliphatic carbocycles. The second-order valence-corrected chi connectivity index (χ2v) is 6.04. The topological polar surface area (TPSA) is 94.6 Å². The van der Waals surface area contributed by atoms with Crippen LogP contribution >= 0.6 is 0 Å². The molecular weight excluding hydrogens is 270 g/mol. The van der Waals surface area contributed by atoms with Crippen LogP contribution in [-0.2, 0) is 6.54 Å². The van der Waals surface area contributed by atoms with Crippen molar-refractivity contribution in [3.63, 3.8) is 0 Å². The van der Waals surface area contributed by atoms with Crippen molar-refractivity contribution in [2.45, 2.75) is 25.1 Å². The number of hydrogen-bond acceptors (Lipinski definition) is 8. The van der Waals surface area contributed by atoms with Crippen molar-refractivity contribution >= 4 is 11.9 Å². The zero-order valence-electron chi connectivity index (χ0n) is 13.2. The van der Waals surface area contributed by atoms with Gasteiger partial charge in [-0.2, -0.15) is 15.0 Å². The van der Waals surface area contributed by atoms with Crippen molar-refractivity contribution in [3.05, 3.63) is 5.82 Å². The Labute approximate surface area is 125 Å². The smallest absolute Gasteiger partial charge is 0.229 e. The van der Waals surface area contributed by atoms with Gasteiger partial charge in [-0.3, -0.25) is 4.90 Å². The molecule has 8 heteroatoms. The van der Waals surface area contributed by atoms with Gasteiger partial charge in [0.1, 0.15) is 5.82 Å². The number of aromatic nitrogens is 3. The van der Waals surface area contributed by atoms with Crippen molar-refractivity contribution in [2.24, 2.45) is 0 Å². The molecule has 21 heavy (non-hydrogen) atoms. The van der Waals surface area contributed by atoms with Crippen LogP contribution in [0.1, 0.15) is 12.2 Å². The highest BCUT2D eigenvalue weighted by molar-refractivity contribution is 5.32. The SMILES string of the molecule is CN(C)CC1CC(O)CN1Cc1nc(N)nc(N(C)C)n1. The van der Waals surface area contributed by atoms with Gasteiger partial charge in [-0.1, -0.05) is 0 Å². The summed E-state index contributed by atoms with van der Waals surface area (Å²) in [6.07, 6.45) is 0.488. The first-order chi connectivity index (χ1) is 9.85. The van der Waals surface area contributed by atoms with E-state index in [1.807, 2.05) is 28.2 Å². The predicted octanol–water partition coefficient (Wildman–Crippen LogP) is -0.983. The molecule has 2 atom stereocenters. The second-order valence-electron chi connectivity index (χ2n) is 6.04. The molecule has 2 heterocycles. The van der Waals surface area contributed by atoms with Crippen LogP contribution in [0.5, 0.6) is 0 Å². The Balaban J connectivity index is 2.12. The van der Waals surface area contributed by atoms with Gasteiger partial charge >= 0.3 is 0 Å². The number of aliphatic hydroxyl groups is 1. The summed E-state index contributed by atoms with van der Waals surface area (Å²) in [5.74, 6) is 1.43. The molecule has 0 bridgehead atoms. The summed E-state index contributed by atoms with van der Waals surface area (Å²) >= 11 is 0. The zero-order valence-corrected chi connectivity index (χ0v) is 13.2. The molecule has 0 radical (unpaired) electrons. The van der Waals surface area contributed by atoms with Crippen LogP contribution in [0, 0.1) is 0 Å². The van der Waals surface area contributed by atoms with Crippen LogP contribution in [0.15, 0.2) is 0 Å². The normalized spacial score (nSPS) is 23.0. The van der Waals surface area contributed by atoms with Crippen LogP contribution in [0.2, 0.25) is 0 Å². The van der Waals surface area contributed by atoms with Crippen molar-refractivity contribution in [1.82, 2.24) is 24.8 Å². The van der Waals surface area contributed by atoms with E-state index in [0.29, 0.717) is 30.9 Å². The summed E-state index contributed by atoms with van der Waals surface area (Å²) in [6.45, 7) is 2.11. The Morgan fingerprint density at radius 1 is 1.24 bits per heavy atom. The molecule has 8 nitrogen and oxygen atoms in total. The lowest BCUT2D eigenvalue weighted by Crippen LogP contribution is -2.37. The first kappa shape index (κ1) is 15.9. The predicted molar refractivity (Wildman–Crippen MR) is 81.9 cm³/mol. The third-order valence-electron chi connectivity index (χ3n) is 3.51. The van der Waals surface area contributed by atoms with E-state index in [-0.39, 0.29) is 12.1 Å². The highest BCUT2D eigenvalue weighted by atomic mass is 16.3. The van der Waals surface area contributed by atoms with Crippen LogP contribution in [0.4, 0.5) is 11.9 Å². The molecule has 118 valence electrons. The maximum atomic E-state index is 9.91. The molecule has 1 saturated heterocycles.